The van der Waals surface area contributed by atoms with Crippen LogP contribution in [0.15, 0.2) is 67.0 Å². The predicted molar refractivity (Wildman–Crippen MR) is 127 cm³/mol. The van der Waals surface area contributed by atoms with Gasteiger partial charge in [0.2, 0.25) is 0 Å². The summed E-state index contributed by atoms with van der Waals surface area (Å²) in [5.74, 6) is 0.320. The molecule has 0 aliphatic carbocycles. The van der Waals surface area contributed by atoms with Crippen molar-refractivity contribution in [2.24, 2.45) is 0 Å². The lowest BCUT2D eigenvalue weighted by molar-refractivity contribution is 0.0946. The van der Waals surface area contributed by atoms with Gasteiger partial charge in [-0.05, 0) is 48.0 Å². The van der Waals surface area contributed by atoms with E-state index in [2.05, 4.69) is 26.7 Å². The topological polar surface area (TPSA) is 99.9 Å². The number of amides is 1. The Morgan fingerprint density at radius 1 is 1.12 bits per heavy atom. The van der Waals surface area contributed by atoms with Crippen LogP contribution in [0.3, 0.4) is 0 Å². The molecule has 2 aromatic heterocycles. The molecule has 4 rings (SSSR count). The number of hydrogen-bond acceptors (Lipinski definition) is 6. The summed E-state index contributed by atoms with van der Waals surface area (Å²) in [5.41, 5.74) is 4.11. The standard InChI is InChI=1S/C25H20ClN5O2/c1-33-23-8-6-17(11-20(23)26)13-30-24-18(15-31-25(32)22-4-2-3-9-28-22)14-29-21-7-5-16(12-27)10-19(21)24/h2-11,14H,13,15H2,1H3,(H,29,30)(H,31,32). The highest BCUT2D eigenvalue weighted by atomic mass is 35.5. The number of benzene rings is 2. The predicted octanol–water partition coefficient (Wildman–Crippen LogP) is 4.71. The van der Waals surface area contributed by atoms with Crippen LogP contribution in [0.1, 0.15) is 27.2 Å². The van der Waals surface area contributed by atoms with Crippen LogP contribution in [0.4, 0.5) is 5.69 Å². The van der Waals surface area contributed by atoms with Gasteiger partial charge in [0.1, 0.15) is 11.4 Å². The Morgan fingerprint density at radius 3 is 2.73 bits per heavy atom. The molecular formula is C25H20ClN5O2. The van der Waals surface area contributed by atoms with Gasteiger partial charge in [-0.25, -0.2) is 0 Å². The number of nitriles is 1. The molecule has 0 saturated carbocycles. The van der Waals surface area contributed by atoms with Gasteiger partial charge >= 0.3 is 0 Å². The zero-order valence-corrected chi connectivity index (χ0v) is 18.6. The van der Waals surface area contributed by atoms with Crippen LogP contribution in [0.5, 0.6) is 5.75 Å². The number of carbonyl (C=O) groups is 1. The highest BCUT2D eigenvalue weighted by Crippen LogP contribution is 2.29. The molecule has 1 amide bonds. The van der Waals surface area contributed by atoms with E-state index in [1.54, 1.807) is 55.9 Å². The Morgan fingerprint density at radius 2 is 2.00 bits per heavy atom. The van der Waals surface area contributed by atoms with E-state index in [4.69, 9.17) is 16.3 Å². The van der Waals surface area contributed by atoms with Crippen LogP contribution in [0.25, 0.3) is 10.9 Å². The fourth-order valence-electron chi connectivity index (χ4n) is 3.42. The number of methoxy groups -OCH3 is 1. The average molecular weight is 458 g/mol. The SMILES string of the molecule is COc1ccc(CNc2c(CNC(=O)c3ccccn3)cnc3ccc(C#N)cc23)cc1Cl. The minimum Gasteiger partial charge on any atom is -0.495 e. The van der Waals surface area contributed by atoms with E-state index < -0.39 is 0 Å². The quantitative estimate of drug-likeness (QED) is 0.417. The van der Waals surface area contributed by atoms with Crippen molar-refractivity contribution >= 4 is 34.1 Å². The number of aromatic nitrogens is 2. The smallest absolute Gasteiger partial charge is 0.270 e. The molecule has 33 heavy (non-hydrogen) atoms. The number of ether oxygens (including phenoxy) is 1. The molecule has 4 aromatic rings. The zero-order chi connectivity index (χ0) is 23.2. The summed E-state index contributed by atoms with van der Waals surface area (Å²) in [6.07, 6.45) is 3.29. The van der Waals surface area contributed by atoms with Crippen molar-refractivity contribution in [1.29, 1.82) is 5.26 Å². The molecule has 2 heterocycles. The molecule has 0 atom stereocenters. The van der Waals surface area contributed by atoms with Gasteiger partial charge in [0.15, 0.2) is 0 Å². The van der Waals surface area contributed by atoms with Gasteiger partial charge in [-0.15, -0.1) is 0 Å². The Kier molecular flexibility index (Phi) is 6.67. The third-order valence-corrected chi connectivity index (χ3v) is 5.39. The Labute approximate surface area is 196 Å². The number of fused-ring (bicyclic) bond motifs is 1. The molecule has 0 saturated heterocycles. The molecule has 7 nitrogen and oxygen atoms in total. The summed E-state index contributed by atoms with van der Waals surface area (Å²) in [6.45, 7) is 0.710. The van der Waals surface area contributed by atoms with E-state index in [1.807, 2.05) is 18.2 Å². The number of nitrogens with zero attached hydrogens (tertiary/aromatic N) is 3. The molecule has 2 N–H and O–H groups in total. The monoisotopic (exact) mass is 457 g/mol. The molecule has 0 aliphatic rings. The number of anilines is 1. The summed E-state index contributed by atoms with van der Waals surface area (Å²) >= 11 is 6.27. The largest absolute Gasteiger partial charge is 0.495 e. The molecule has 2 aromatic carbocycles. The van der Waals surface area contributed by atoms with Crippen LogP contribution in [0.2, 0.25) is 5.02 Å². The van der Waals surface area contributed by atoms with Gasteiger partial charge in [0, 0.05) is 36.4 Å². The van der Waals surface area contributed by atoms with Gasteiger partial charge < -0.3 is 15.4 Å². The van der Waals surface area contributed by atoms with Crippen molar-refractivity contribution < 1.29 is 9.53 Å². The average Bonchev–Trinajstić information content (AvgIpc) is 2.86. The maximum absolute atomic E-state index is 12.5. The van der Waals surface area contributed by atoms with E-state index in [1.165, 1.54) is 0 Å². The number of carbonyl (C=O) groups excluding carboxylic acids is 1. The second kappa shape index (κ2) is 9.98. The first-order chi connectivity index (χ1) is 16.1. The number of rotatable bonds is 7. The van der Waals surface area contributed by atoms with Gasteiger partial charge in [-0.2, -0.15) is 5.26 Å². The lowest BCUT2D eigenvalue weighted by Gasteiger charge is -2.16. The van der Waals surface area contributed by atoms with Crippen LogP contribution in [-0.2, 0) is 13.1 Å². The fraction of sp³-hybridized carbons (Fsp3) is 0.120. The molecule has 164 valence electrons. The van der Waals surface area contributed by atoms with E-state index in [9.17, 15) is 10.1 Å². The second-order valence-corrected chi connectivity index (χ2v) is 7.63. The molecule has 0 aliphatic heterocycles. The first kappa shape index (κ1) is 22.1. The highest BCUT2D eigenvalue weighted by Gasteiger charge is 2.13. The Hall–Kier alpha value is -4.15. The first-order valence-corrected chi connectivity index (χ1v) is 10.5. The summed E-state index contributed by atoms with van der Waals surface area (Å²) in [4.78, 5) is 21.1. The molecule has 0 radical (unpaired) electrons. The van der Waals surface area contributed by atoms with Gasteiger partial charge in [-0.3, -0.25) is 14.8 Å². The van der Waals surface area contributed by atoms with Crippen LogP contribution < -0.4 is 15.4 Å². The number of hydrogen-bond donors (Lipinski definition) is 2. The summed E-state index contributed by atoms with van der Waals surface area (Å²) in [6, 6.07) is 18.2. The summed E-state index contributed by atoms with van der Waals surface area (Å²) < 4.78 is 5.22. The lowest BCUT2D eigenvalue weighted by atomic mass is 10.1. The fourth-order valence-corrected chi connectivity index (χ4v) is 3.70. The van der Waals surface area contributed by atoms with Crippen molar-refractivity contribution in [2.75, 3.05) is 12.4 Å². The second-order valence-electron chi connectivity index (χ2n) is 7.22. The minimum atomic E-state index is -0.283. The normalized spacial score (nSPS) is 10.5. The first-order valence-electron chi connectivity index (χ1n) is 10.2. The number of halogens is 1. The summed E-state index contributed by atoms with van der Waals surface area (Å²) in [5, 5.41) is 17.0. The van der Waals surface area contributed by atoms with E-state index in [-0.39, 0.29) is 12.5 Å². The zero-order valence-electron chi connectivity index (χ0n) is 17.8. The van der Waals surface area contributed by atoms with Crippen LogP contribution in [-0.4, -0.2) is 23.0 Å². The van der Waals surface area contributed by atoms with Crippen LogP contribution in [0, 0.1) is 11.3 Å². The van der Waals surface area contributed by atoms with E-state index in [0.717, 1.165) is 27.7 Å². The molecule has 0 bridgehead atoms. The maximum atomic E-state index is 12.5. The number of nitrogens with one attached hydrogen (secondary N) is 2. The van der Waals surface area contributed by atoms with Gasteiger partial charge in [-0.1, -0.05) is 23.7 Å². The lowest BCUT2D eigenvalue weighted by Crippen LogP contribution is -2.24. The Bertz CT molecular complexity index is 1350. The molecule has 0 fully saturated rings. The van der Waals surface area contributed by atoms with Crippen molar-refractivity contribution in [2.45, 2.75) is 13.1 Å². The molecule has 8 heteroatoms. The van der Waals surface area contributed by atoms with Crippen molar-refractivity contribution in [3.05, 3.63) is 94.4 Å². The Balaban J connectivity index is 1.64. The van der Waals surface area contributed by atoms with E-state index >= 15 is 0 Å². The van der Waals surface area contributed by atoms with Crippen molar-refractivity contribution in [3.8, 4) is 11.8 Å². The third-order valence-electron chi connectivity index (χ3n) is 5.10. The minimum absolute atomic E-state index is 0.237. The maximum Gasteiger partial charge on any atom is 0.270 e. The molecular weight excluding hydrogens is 438 g/mol. The van der Waals surface area contributed by atoms with Crippen molar-refractivity contribution in [1.82, 2.24) is 15.3 Å². The third kappa shape index (κ3) is 5.03. The molecule has 0 unspecified atom stereocenters. The summed E-state index contributed by atoms with van der Waals surface area (Å²) in [7, 11) is 1.57. The van der Waals surface area contributed by atoms with Gasteiger partial charge in [0.25, 0.3) is 5.91 Å². The highest BCUT2D eigenvalue weighted by molar-refractivity contribution is 6.32. The van der Waals surface area contributed by atoms with Crippen LogP contribution >= 0.6 is 11.6 Å². The van der Waals surface area contributed by atoms with Gasteiger partial charge in [0.05, 0.1) is 35.0 Å². The molecule has 0 spiro atoms. The van der Waals surface area contributed by atoms with Crippen molar-refractivity contribution in [3.63, 3.8) is 0 Å². The number of pyridine rings is 2. The van der Waals surface area contributed by atoms with E-state index in [0.29, 0.717) is 28.6 Å².